The molecule has 8 heteroatoms. The smallest absolute Gasteiger partial charge is 0.319 e. The predicted molar refractivity (Wildman–Crippen MR) is 96.4 cm³/mol. The molecule has 2 heterocycles. The number of fused-ring (bicyclic) bond motifs is 1. The van der Waals surface area contributed by atoms with Gasteiger partial charge in [0.05, 0.1) is 5.69 Å². The lowest BCUT2D eigenvalue weighted by atomic mass is 10.1. The van der Waals surface area contributed by atoms with Gasteiger partial charge in [-0.25, -0.2) is 9.18 Å². The molecule has 4 rings (SSSR count). The second-order valence-corrected chi connectivity index (χ2v) is 6.43. The van der Waals surface area contributed by atoms with E-state index in [9.17, 15) is 14.0 Å². The van der Waals surface area contributed by atoms with Crippen LogP contribution in [-0.2, 0) is 4.79 Å². The first-order chi connectivity index (χ1) is 13.1. The monoisotopic (exact) mass is 371 g/mol. The first-order valence-corrected chi connectivity index (χ1v) is 8.59. The molecule has 140 valence electrons. The highest BCUT2D eigenvalue weighted by atomic mass is 19.1. The van der Waals surface area contributed by atoms with Crippen LogP contribution in [0.4, 0.5) is 20.6 Å². The molecule has 0 aliphatic carbocycles. The lowest BCUT2D eigenvalue weighted by molar-refractivity contribution is -0.117. The third-order valence-corrected chi connectivity index (χ3v) is 4.55. The molecule has 2 aromatic rings. The maximum absolute atomic E-state index is 13.6. The summed E-state index contributed by atoms with van der Waals surface area (Å²) < 4.78 is 24.2. The number of anilines is 2. The fourth-order valence-corrected chi connectivity index (χ4v) is 3.19. The Morgan fingerprint density at radius 1 is 1.19 bits per heavy atom. The Hall–Kier alpha value is -3.29. The lowest BCUT2D eigenvalue weighted by Gasteiger charge is -2.17. The molecule has 0 radical (unpaired) electrons. The number of ether oxygens (including phenoxy) is 2. The van der Waals surface area contributed by atoms with Gasteiger partial charge >= 0.3 is 6.03 Å². The number of urea groups is 1. The molecule has 1 saturated heterocycles. The summed E-state index contributed by atoms with van der Waals surface area (Å²) in [5.74, 6) is 0.724. The summed E-state index contributed by atoms with van der Waals surface area (Å²) in [7, 11) is 0. The van der Waals surface area contributed by atoms with Crippen LogP contribution in [0.3, 0.4) is 0 Å². The molecular formula is C19H18FN3O4. The first-order valence-electron chi connectivity index (χ1n) is 8.59. The van der Waals surface area contributed by atoms with E-state index in [0.29, 0.717) is 31.0 Å². The zero-order chi connectivity index (χ0) is 18.8. The van der Waals surface area contributed by atoms with Gasteiger partial charge in [0, 0.05) is 37.2 Å². The Kier molecular flexibility index (Phi) is 4.53. The standard InChI is InChI=1S/C19H18FN3O4/c20-14-3-1-2-4-15(14)22-19(25)21-9-12-7-18(24)23(10-12)13-5-6-16-17(8-13)27-11-26-16/h1-6,8,12H,7,9-11H2,(H2,21,22,25). The third-order valence-electron chi connectivity index (χ3n) is 4.55. The Labute approximate surface area is 155 Å². The van der Waals surface area contributed by atoms with Gasteiger partial charge in [0.15, 0.2) is 11.5 Å². The number of carbonyl (C=O) groups excluding carboxylic acids is 2. The molecule has 1 unspecified atom stereocenters. The molecule has 0 saturated carbocycles. The summed E-state index contributed by atoms with van der Waals surface area (Å²) in [6, 6.07) is 10.8. The van der Waals surface area contributed by atoms with Crippen molar-refractivity contribution in [3.05, 3.63) is 48.3 Å². The Bertz CT molecular complexity index is 889. The van der Waals surface area contributed by atoms with E-state index in [1.807, 2.05) is 6.07 Å². The summed E-state index contributed by atoms with van der Waals surface area (Å²) in [6.07, 6.45) is 0.328. The lowest BCUT2D eigenvalue weighted by Crippen LogP contribution is -2.34. The van der Waals surface area contributed by atoms with Gasteiger partial charge in [-0.05, 0) is 24.3 Å². The van der Waals surface area contributed by atoms with Crippen molar-refractivity contribution < 1.29 is 23.5 Å². The molecule has 0 bridgehead atoms. The van der Waals surface area contributed by atoms with Crippen molar-refractivity contribution in [2.75, 3.05) is 30.1 Å². The van der Waals surface area contributed by atoms with Crippen molar-refractivity contribution in [2.24, 2.45) is 5.92 Å². The van der Waals surface area contributed by atoms with Crippen LogP contribution >= 0.6 is 0 Å². The molecule has 2 aliphatic heterocycles. The zero-order valence-corrected chi connectivity index (χ0v) is 14.4. The van der Waals surface area contributed by atoms with E-state index in [1.165, 1.54) is 12.1 Å². The molecule has 1 atom stereocenters. The maximum atomic E-state index is 13.6. The van der Waals surface area contributed by atoms with Gasteiger partial charge in [-0.2, -0.15) is 0 Å². The topological polar surface area (TPSA) is 79.9 Å². The molecular weight excluding hydrogens is 353 g/mol. The van der Waals surface area contributed by atoms with Crippen LogP contribution in [0, 0.1) is 11.7 Å². The van der Waals surface area contributed by atoms with Crippen LogP contribution in [0.25, 0.3) is 0 Å². The highest BCUT2D eigenvalue weighted by Gasteiger charge is 2.31. The Morgan fingerprint density at radius 2 is 2.00 bits per heavy atom. The number of benzene rings is 2. The molecule has 2 N–H and O–H groups in total. The SMILES string of the molecule is O=C(NCC1CC(=O)N(c2ccc3c(c2)OCO3)C1)Nc1ccccc1F. The van der Waals surface area contributed by atoms with Crippen molar-refractivity contribution in [1.82, 2.24) is 5.32 Å². The van der Waals surface area contributed by atoms with E-state index in [-0.39, 0.29) is 24.3 Å². The van der Waals surface area contributed by atoms with Crippen LogP contribution in [0.15, 0.2) is 42.5 Å². The maximum Gasteiger partial charge on any atom is 0.319 e. The minimum absolute atomic E-state index is 0.0184. The highest BCUT2D eigenvalue weighted by molar-refractivity contribution is 5.96. The number of carbonyl (C=O) groups is 2. The highest BCUT2D eigenvalue weighted by Crippen LogP contribution is 2.37. The van der Waals surface area contributed by atoms with Crippen molar-refractivity contribution >= 4 is 23.3 Å². The van der Waals surface area contributed by atoms with Gasteiger partial charge < -0.3 is 25.0 Å². The van der Waals surface area contributed by atoms with Crippen molar-refractivity contribution in [1.29, 1.82) is 0 Å². The summed E-state index contributed by atoms with van der Waals surface area (Å²) in [4.78, 5) is 26.0. The summed E-state index contributed by atoms with van der Waals surface area (Å²) >= 11 is 0. The van der Waals surface area contributed by atoms with Crippen LogP contribution in [0.2, 0.25) is 0 Å². The number of amides is 3. The van der Waals surface area contributed by atoms with E-state index in [1.54, 1.807) is 29.2 Å². The number of para-hydroxylation sites is 1. The quantitative estimate of drug-likeness (QED) is 0.866. The minimum Gasteiger partial charge on any atom is -0.454 e. The summed E-state index contributed by atoms with van der Waals surface area (Å²) in [6.45, 7) is 0.974. The zero-order valence-electron chi connectivity index (χ0n) is 14.4. The number of rotatable bonds is 4. The summed E-state index contributed by atoms with van der Waals surface area (Å²) in [5.41, 5.74) is 0.849. The Morgan fingerprint density at radius 3 is 2.85 bits per heavy atom. The molecule has 1 fully saturated rings. The summed E-state index contributed by atoms with van der Waals surface area (Å²) in [5, 5.41) is 5.16. The van der Waals surface area contributed by atoms with Gasteiger partial charge in [0.25, 0.3) is 0 Å². The molecule has 0 aromatic heterocycles. The van der Waals surface area contributed by atoms with Gasteiger partial charge in [-0.15, -0.1) is 0 Å². The van der Waals surface area contributed by atoms with Crippen molar-refractivity contribution in [3.63, 3.8) is 0 Å². The Balaban J connectivity index is 1.33. The van der Waals surface area contributed by atoms with Crippen LogP contribution in [-0.4, -0.2) is 31.8 Å². The average molecular weight is 371 g/mol. The van der Waals surface area contributed by atoms with Crippen LogP contribution in [0.5, 0.6) is 11.5 Å². The molecule has 2 aromatic carbocycles. The number of halogens is 1. The fourth-order valence-electron chi connectivity index (χ4n) is 3.19. The molecule has 27 heavy (non-hydrogen) atoms. The third kappa shape index (κ3) is 3.64. The van der Waals surface area contributed by atoms with Gasteiger partial charge in [0.2, 0.25) is 12.7 Å². The number of hydrogen-bond donors (Lipinski definition) is 2. The number of nitrogens with zero attached hydrogens (tertiary/aromatic N) is 1. The van der Waals surface area contributed by atoms with Gasteiger partial charge in [-0.3, -0.25) is 4.79 Å². The first kappa shape index (κ1) is 17.1. The van der Waals surface area contributed by atoms with Crippen LogP contribution in [0.1, 0.15) is 6.42 Å². The molecule has 7 nitrogen and oxygen atoms in total. The predicted octanol–water partition coefficient (Wildman–Crippen LogP) is 2.73. The minimum atomic E-state index is -0.505. The normalized spacial score (nSPS) is 17.9. The van der Waals surface area contributed by atoms with Gasteiger partial charge in [-0.1, -0.05) is 12.1 Å². The largest absolute Gasteiger partial charge is 0.454 e. The second-order valence-electron chi connectivity index (χ2n) is 6.43. The second kappa shape index (κ2) is 7.14. The van der Waals surface area contributed by atoms with Crippen molar-refractivity contribution in [3.8, 4) is 11.5 Å². The number of hydrogen-bond acceptors (Lipinski definition) is 4. The molecule has 3 amide bonds. The van der Waals surface area contributed by atoms with Gasteiger partial charge in [0.1, 0.15) is 5.82 Å². The van der Waals surface area contributed by atoms with Crippen molar-refractivity contribution in [2.45, 2.75) is 6.42 Å². The van der Waals surface area contributed by atoms with Crippen LogP contribution < -0.4 is 25.0 Å². The van der Waals surface area contributed by atoms with E-state index < -0.39 is 11.8 Å². The van der Waals surface area contributed by atoms with E-state index in [0.717, 1.165) is 5.69 Å². The van der Waals surface area contributed by atoms with E-state index in [2.05, 4.69) is 10.6 Å². The van der Waals surface area contributed by atoms with E-state index >= 15 is 0 Å². The number of nitrogens with one attached hydrogen (secondary N) is 2. The average Bonchev–Trinajstić information content (AvgIpc) is 3.27. The molecule has 2 aliphatic rings. The van der Waals surface area contributed by atoms with E-state index in [4.69, 9.17) is 9.47 Å². The fraction of sp³-hybridized carbons (Fsp3) is 0.263. The molecule has 0 spiro atoms.